The standard InChI is InChI=1S/C16H22N2O2/c1-11(2)20-15-6-4-12(5-7-15)16(19)18-13-8-14(18)10-17(3)9-13/h4-7,11,13-14H,8-10H2,1-3H3. The van der Waals surface area contributed by atoms with Gasteiger partial charge in [-0.2, -0.15) is 0 Å². The van der Waals surface area contributed by atoms with Gasteiger partial charge in [0.1, 0.15) is 5.75 Å². The van der Waals surface area contributed by atoms with Gasteiger partial charge in [0.15, 0.2) is 0 Å². The van der Waals surface area contributed by atoms with Gasteiger partial charge in [-0.25, -0.2) is 0 Å². The van der Waals surface area contributed by atoms with Crippen molar-refractivity contribution < 1.29 is 9.53 Å². The van der Waals surface area contributed by atoms with E-state index in [1.165, 1.54) is 0 Å². The number of carbonyl (C=O) groups excluding carboxylic acids is 1. The minimum Gasteiger partial charge on any atom is -0.491 e. The lowest BCUT2D eigenvalue weighted by Gasteiger charge is -2.55. The zero-order valence-corrected chi connectivity index (χ0v) is 12.4. The number of amides is 1. The van der Waals surface area contributed by atoms with Gasteiger partial charge in [0.2, 0.25) is 0 Å². The molecule has 0 N–H and O–H groups in total. The van der Waals surface area contributed by atoms with Gasteiger partial charge in [0, 0.05) is 30.7 Å². The van der Waals surface area contributed by atoms with Gasteiger partial charge in [-0.05, 0) is 51.6 Å². The van der Waals surface area contributed by atoms with E-state index in [1.807, 2.05) is 38.1 Å². The molecule has 2 bridgehead atoms. The lowest BCUT2D eigenvalue weighted by Crippen LogP contribution is -2.69. The zero-order chi connectivity index (χ0) is 14.3. The van der Waals surface area contributed by atoms with Crippen LogP contribution in [0.4, 0.5) is 0 Å². The predicted octanol–water partition coefficient (Wildman–Crippen LogP) is 2.00. The molecule has 0 aliphatic carbocycles. The van der Waals surface area contributed by atoms with Crippen LogP contribution in [0.2, 0.25) is 0 Å². The highest BCUT2D eigenvalue weighted by Gasteiger charge is 2.46. The number of carbonyl (C=O) groups is 1. The quantitative estimate of drug-likeness (QED) is 0.845. The average Bonchev–Trinajstić information content (AvgIpc) is 2.38. The van der Waals surface area contributed by atoms with E-state index in [0.717, 1.165) is 30.8 Å². The zero-order valence-electron chi connectivity index (χ0n) is 12.4. The summed E-state index contributed by atoms with van der Waals surface area (Å²) in [6.45, 7) is 5.99. The number of nitrogens with zero attached hydrogens (tertiary/aromatic N) is 2. The van der Waals surface area contributed by atoms with E-state index < -0.39 is 0 Å². The summed E-state index contributed by atoms with van der Waals surface area (Å²) in [4.78, 5) is 16.9. The van der Waals surface area contributed by atoms with Crippen molar-refractivity contribution in [2.75, 3.05) is 20.1 Å². The molecule has 4 heteroatoms. The topological polar surface area (TPSA) is 32.8 Å². The fourth-order valence-corrected chi connectivity index (χ4v) is 3.25. The van der Waals surface area contributed by atoms with Gasteiger partial charge in [-0.1, -0.05) is 0 Å². The second-order valence-electron chi connectivity index (χ2n) is 6.17. The summed E-state index contributed by atoms with van der Waals surface area (Å²) in [6, 6.07) is 8.31. The Morgan fingerprint density at radius 3 is 2.35 bits per heavy atom. The van der Waals surface area contributed by atoms with Crippen LogP contribution in [-0.2, 0) is 0 Å². The molecule has 1 amide bonds. The molecule has 2 aliphatic heterocycles. The monoisotopic (exact) mass is 274 g/mol. The number of benzene rings is 1. The molecule has 3 rings (SSSR count). The van der Waals surface area contributed by atoms with Gasteiger partial charge in [0.05, 0.1) is 6.10 Å². The van der Waals surface area contributed by atoms with Crippen LogP contribution in [0.1, 0.15) is 30.6 Å². The molecule has 20 heavy (non-hydrogen) atoms. The van der Waals surface area contributed by atoms with Crippen molar-refractivity contribution in [2.45, 2.75) is 38.5 Å². The summed E-state index contributed by atoms with van der Waals surface area (Å²) in [6.07, 6.45) is 1.31. The first-order valence-electron chi connectivity index (χ1n) is 7.32. The molecule has 4 nitrogen and oxygen atoms in total. The fourth-order valence-electron chi connectivity index (χ4n) is 3.25. The van der Waals surface area contributed by atoms with E-state index in [9.17, 15) is 4.79 Å². The molecule has 1 aromatic rings. The molecule has 2 unspecified atom stereocenters. The predicted molar refractivity (Wildman–Crippen MR) is 78.1 cm³/mol. The van der Waals surface area contributed by atoms with Crippen LogP contribution in [0.15, 0.2) is 24.3 Å². The summed E-state index contributed by atoms with van der Waals surface area (Å²) in [5.74, 6) is 0.982. The minimum atomic E-state index is 0.154. The maximum absolute atomic E-state index is 12.5. The lowest BCUT2D eigenvalue weighted by atomic mass is 9.87. The fraction of sp³-hybridized carbons (Fsp3) is 0.562. The van der Waals surface area contributed by atoms with E-state index >= 15 is 0 Å². The number of ether oxygens (including phenoxy) is 1. The Kier molecular flexibility index (Phi) is 3.42. The van der Waals surface area contributed by atoms with E-state index in [4.69, 9.17) is 4.74 Å². The van der Waals surface area contributed by atoms with Crippen molar-refractivity contribution >= 4 is 5.91 Å². The number of rotatable bonds is 3. The third-order valence-electron chi connectivity index (χ3n) is 4.08. The molecule has 2 fully saturated rings. The number of fused-ring (bicyclic) bond motifs is 2. The van der Waals surface area contributed by atoms with E-state index in [-0.39, 0.29) is 12.0 Å². The number of likely N-dealkylation sites (N-methyl/N-ethyl adjacent to an activating group) is 1. The van der Waals surface area contributed by atoms with Crippen LogP contribution in [0.5, 0.6) is 5.75 Å². The van der Waals surface area contributed by atoms with Crippen molar-refractivity contribution in [2.24, 2.45) is 0 Å². The Balaban J connectivity index is 1.69. The second-order valence-corrected chi connectivity index (χ2v) is 6.17. The van der Waals surface area contributed by atoms with E-state index in [1.54, 1.807) is 0 Å². The Bertz CT molecular complexity index is 486. The molecule has 0 saturated carbocycles. The lowest BCUT2D eigenvalue weighted by molar-refractivity contribution is -0.0397. The van der Waals surface area contributed by atoms with Crippen LogP contribution >= 0.6 is 0 Å². The van der Waals surface area contributed by atoms with Crippen LogP contribution in [-0.4, -0.2) is 54.0 Å². The smallest absolute Gasteiger partial charge is 0.254 e. The van der Waals surface area contributed by atoms with E-state index in [0.29, 0.717) is 12.1 Å². The normalized spacial score (nSPS) is 25.5. The Morgan fingerprint density at radius 2 is 1.80 bits per heavy atom. The molecule has 2 heterocycles. The van der Waals surface area contributed by atoms with Gasteiger partial charge in [-0.3, -0.25) is 4.79 Å². The third kappa shape index (κ3) is 2.40. The van der Waals surface area contributed by atoms with Gasteiger partial charge in [-0.15, -0.1) is 0 Å². The molecule has 2 saturated heterocycles. The van der Waals surface area contributed by atoms with Crippen molar-refractivity contribution in [3.63, 3.8) is 0 Å². The van der Waals surface area contributed by atoms with Gasteiger partial charge < -0.3 is 14.5 Å². The first-order valence-corrected chi connectivity index (χ1v) is 7.32. The summed E-state index contributed by atoms with van der Waals surface area (Å²) in [5.41, 5.74) is 0.764. The third-order valence-corrected chi connectivity index (χ3v) is 4.08. The first kappa shape index (κ1) is 13.4. The molecule has 1 aromatic carbocycles. The Morgan fingerprint density at radius 1 is 1.20 bits per heavy atom. The molecule has 0 radical (unpaired) electrons. The second kappa shape index (κ2) is 5.09. The van der Waals surface area contributed by atoms with Crippen LogP contribution < -0.4 is 4.74 Å². The SMILES string of the molecule is CC(C)Oc1ccc(C(=O)N2C3CC2CN(C)C3)cc1. The average molecular weight is 274 g/mol. The molecular weight excluding hydrogens is 252 g/mol. The molecule has 108 valence electrons. The molecule has 0 aromatic heterocycles. The van der Waals surface area contributed by atoms with Crippen LogP contribution in [0, 0.1) is 0 Å². The van der Waals surface area contributed by atoms with Crippen LogP contribution in [0.3, 0.4) is 0 Å². The van der Waals surface area contributed by atoms with E-state index in [2.05, 4.69) is 16.8 Å². The molecule has 2 atom stereocenters. The number of hydrogen-bond acceptors (Lipinski definition) is 3. The summed E-state index contributed by atoms with van der Waals surface area (Å²) in [5, 5.41) is 0. The summed E-state index contributed by atoms with van der Waals surface area (Å²) >= 11 is 0. The molecule has 0 spiro atoms. The minimum absolute atomic E-state index is 0.154. The summed E-state index contributed by atoms with van der Waals surface area (Å²) < 4.78 is 5.61. The van der Waals surface area contributed by atoms with Crippen molar-refractivity contribution in [1.82, 2.24) is 9.80 Å². The van der Waals surface area contributed by atoms with Gasteiger partial charge >= 0.3 is 0 Å². The van der Waals surface area contributed by atoms with Crippen molar-refractivity contribution in [3.05, 3.63) is 29.8 Å². The van der Waals surface area contributed by atoms with Crippen molar-refractivity contribution in [1.29, 1.82) is 0 Å². The highest BCUT2D eigenvalue weighted by molar-refractivity contribution is 5.95. The summed E-state index contributed by atoms with van der Waals surface area (Å²) in [7, 11) is 2.12. The van der Waals surface area contributed by atoms with Crippen molar-refractivity contribution in [3.8, 4) is 5.75 Å². The maximum atomic E-state index is 12.5. The number of piperidine rings is 1. The maximum Gasteiger partial charge on any atom is 0.254 e. The van der Waals surface area contributed by atoms with Gasteiger partial charge in [0.25, 0.3) is 5.91 Å². The molecule has 2 aliphatic rings. The number of likely N-dealkylation sites (tertiary alicyclic amines) is 2. The number of hydrogen-bond donors (Lipinski definition) is 0. The molecular formula is C16H22N2O2. The highest BCUT2D eigenvalue weighted by atomic mass is 16.5. The van der Waals surface area contributed by atoms with Crippen LogP contribution in [0.25, 0.3) is 0 Å². The highest BCUT2D eigenvalue weighted by Crippen LogP contribution is 2.33. The largest absolute Gasteiger partial charge is 0.491 e. The Hall–Kier alpha value is -1.55. The first-order chi connectivity index (χ1) is 9.54. The number of piperazine rings is 1. The Labute approximate surface area is 120 Å².